The second-order valence-corrected chi connectivity index (χ2v) is 10.5. The van der Waals surface area contributed by atoms with Crippen LogP contribution in [0.25, 0.3) is 11.1 Å². The summed E-state index contributed by atoms with van der Waals surface area (Å²) in [7, 11) is 0. The van der Waals surface area contributed by atoms with Gasteiger partial charge >= 0.3 is 6.18 Å². The summed E-state index contributed by atoms with van der Waals surface area (Å²) in [6.07, 6.45) is -3.47. The zero-order valence-electron chi connectivity index (χ0n) is 21.1. The third-order valence-corrected chi connectivity index (χ3v) is 7.54. The number of amides is 1. The van der Waals surface area contributed by atoms with E-state index in [1.807, 2.05) is 43.3 Å². The number of thioether (sulfide) groups is 1. The minimum absolute atomic E-state index is 0.147. The molecule has 1 aromatic heterocycles. The first kappa shape index (κ1) is 27.6. The largest absolute Gasteiger partial charge is 0.408 e. The number of hydrogen-bond acceptors (Lipinski definition) is 4. The summed E-state index contributed by atoms with van der Waals surface area (Å²) in [5.41, 5.74) is 2.94. The van der Waals surface area contributed by atoms with E-state index in [9.17, 15) is 28.0 Å². The molecule has 3 aromatic rings. The van der Waals surface area contributed by atoms with Crippen LogP contribution in [-0.4, -0.2) is 50.9 Å². The maximum Gasteiger partial charge on any atom is 0.408 e. The average molecular weight is 543 g/mol. The summed E-state index contributed by atoms with van der Waals surface area (Å²) in [5, 5.41) is 9.40. The van der Waals surface area contributed by atoms with E-state index in [4.69, 9.17) is 0 Å². The van der Waals surface area contributed by atoms with E-state index in [-0.39, 0.29) is 24.4 Å². The van der Waals surface area contributed by atoms with Crippen molar-refractivity contribution in [3.63, 3.8) is 0 Å². The number of alkyl halides is 3. The SMILES string of the molecule is CCCc1c(Cc2ccc(-c3ccccc3C#N)cc2)c(=O)n(CC(F)(F)F)n1CC(=O)N1CCSCC1. The molecular weight excluding hydrogens is 513 g/mol. The molecular formula is C28H29F3N4O2S. The van der Waals surface area contributed by atoms with Crippen LogP contribution < -0.4 is 5.56 Å². The zero-order chi connectivity index (χ0) is 27.3. The van der Waals surface area contributed by atoms with Crippen molar-refractivity contribution in [3.8, 4) is 17.2 Å². The first-order chi connectivity index (χ1) is 18.2. The molecule has 1 fully saturated rings. The smallest absolute Gasteiger partial charge is 0.339 e. The Labute approximate surface area is 223 Å². The van der Waals surface area contributed by atoms with Crippen LogP contribution in [0.3, 0.4) is 0 Å². The lowest BCUT2D eigenvalue weighted by Gasteiger charge is -2.27. The second-order valence-electron chi connectivity index (χ2n) is 9.24. The van der Waals surface area contributed by atoms with Crippen molar-refractivity contribution in [3.05, 3.63) is 81.3 Å². The van der Waals surface area contributed by atoms with Gasteiger partial charge in [-0.2, -0.15) is 30.2 Å². The van der Waals surface area contributed by atoms with Crippen LogP contribution >= 0.6 is 11.8 Å². The van der Waals surface area contributed by atoms with Gasteiger partial charge in [0.25, 0.3) is 5.56 Å². The summed E-state index contributed by atoms with van der Waals surface area (Å²) >= 11 is 1.73. The fourth-order valence-electron chi connectivity index (χ4n) is 4.77. The lowest BCUT2D eigenvalue weighted by molar-refractivity contribution is -0.146. The lowest BCUT2D eigenvalue weighted by Crippen LogP contribution is -2.42. The van der Waals surface area contributed by atoms with Gasteiger partial charge in [-0.05, 0) is 29.2 Å². The molecule has 10 heteroatoms. The number of aromatic nitrogens is 2. The Bertz CT molecular complexity index is 1380. The number of nitrogens with zero attached hydrogens (tertiary/aromatic N) is 4. The molecule has 0 radical (unpaired) electrons. The molecule has 1 amide bonds. The van der Waals surface area contributed by atoms with Crippen molar-refractivity contribution in [2.75, 3.05) is 24.6 Å². The number of carbonyl (C=O) groups excluding carboxylic acids is 1. The monoisotopic (exact) mass is 542 g/mol. The summed E-state index contributed by atoms with van der Waals surface area (Å²) in [6, 6.07) is 16.7. The van der Waals surface area contributed by atoms with E-state index in [0.29, 0.717) is 41.9 Å². The Morgan fingerprint density at radius 3 is 2.37 bits per heavy atom. The Kier molecular flexibility index (Phi) is 8.67. The molecule has 0 saturated carbocycles. The average Bonchev–Trinajstić information content (AvgIpc) is 3.13. The Morgan fingerprint density at radius 1 is 1.05 bits per heavy atom. The van der Waals surface area contributed by atoms with E-state index in [0.717, 1.165) is 28.2 Å². The lowest BCUT2D eigenvalue weighted by atomic mass is 9.97. The van der Waals surface area contributed by atoms with Crippen LogP contribution in [0.5, 0.6) is 0 Å². The van der Waals surface area contributed by atoms with Crippen molar-refractivity contribution in [2.24, 2.45) is 0 Å². The van der Waals surface area contributed by atoms with E-state index in [1.54, 1.807) is 28.8 Å². The highest BCUT2D eigenvalue weighted by molar-refractivity contribution is 7.99. The molecule has 0 spiro atoms. The molecule has 2 aromatic carbocycles. The topological polar surface area (TPSA) is 71.0 Å². The molecule has 1 saturated heterocycles. The number of benzene rings is 2. The molecule has 4 rings (SSSR count). The highest BCUT2D eigenvalue weighted by Crippen LogP contribution is 2.25. The predicted molar refractivity (Wildman–Crippen MR) is 142 cm³/mol. The minimum atomic E-state index is -4.61. The standard InChI is InChI=1S/C28H29F3N4O2S/c1-2-5-25-24(16-20-8-10-21(11-9-20)23-7-4-3-6-22(23)17-32)27(37)35(19-28(29,30)31)34(25)18-26(36)33-12-14-38-15-13-33/h3-4,6-11H,2,5,12-16,18-19H2,1H3. The van der Waals surface area contributed by atoms with Crippen LogP contribution in [0.1, 0.15) is 35.7 Å². The molecule has 6 nitrogen and oxygen atoms in total. The van der Waals surface area contributed by atoms with E-state index in [1.165, 1.54) is 4.68 Å². The molecule has 1 aliphatic heterocycles. The van der Waals surface area contributed by atoms with Crippen LogP contribution in [0, 0.1) is 11.3 Å². The van der Waals surface area contributed by atoms with Crippen LogP contribution in [0.15, 0.2) is 53.3 Å². The summed E-state index contributed by atoms with van der Waals surface area (Å²) in [6.45, 7) is 1.24. The van der Waals surface area contributed by atoms with Crippen LogP contribution in [0.4, 0.5) is 13.2 Å². The third-order valence-electron chi connectivity index (χ3n) is 6.60. The Morgan fingerprint density at radius 2 is 1.74 bits per heavy atom. The van der Waals surface area contributed by atoms with Crippen LogP contribution in [-0.2, 0) is 30.7 Å². The molecule has 0 N–H and O–H groups in total. The Balaban J connectivity index is 1.70. The molecule has 0 unspecified atom stereocenters. The third kappa shape index (κ3) is 6.33. The second kappa shape index (κ2) is 11.9. The molecule has 0 atom stereocenters. The van der Waals surface area contributed by atoms with E-state index < -0.39 is 18.3 Å². The fourth-order valence-corrected chi connectivity index (χ4v) is 5.68. The van der Waals surface area contributed by atoms with Gasteiger partial charge in [-0.3, -0.25) is 14.3 Å². The first-order valence-corrected chi connectivity index (χ1v) is 13.7. The fraction of sp³-hybridized carbons (Fsp3) is 0.393. The zero-order valence-corrected chi connectivity index (χ0v) is 21.9. The van der Waals surface area contributed by atoms with Crippen molar-refractivity contribution < 1.29 is 18.0 Å². The van der Waals surface area contributed by atoms with Gasteiger partial charge in [0.15, 0.2) is 0 Å². The van der Waals surface area contributed by atoms with Crippen molar-refractivity contribution in [1.82, 2.24) is 14.3 Å². The van der Waals surface area contributed by atoms with Gasteiger partial charge in [-0.1, -0.05) is 55.8 Å². The maximum absolute atomic E-state index is 13.5. The molecule has 0 bridgehead atoms. The number of halogens is 3. The van der Waals surface area contributed by atoms with Crippen molar-refractivity contribution in [2.45, 2.75) is 45.5 Å². The summed E-state index contributed by atoms with van der Waals surface area (Å²) < 4.78 is 42.5. The van der Waals surface area contributed by atoms with Crippen LogP contribution in [0.2, 0.25) is 0 Å². The molecule has 0 aliphatic carbocycles. The first-order valence-electron chi connectivity index (χ1n) is 12.5. The van der Waals surface area contributed by atoms with Gasteiger partial charge < -0.3 is 4.90 Å². The summed E-state index contributed by atoms with van der Waals surface area (Å²) in [4.78, 5) is 28.1. The van der Waals surface area contributed by atoms with E-state index in [2.05, 4.69) is 6.07 Å². The van der Waals surface area contributed by atoms with Gasteiger partial charge in [-0.25, -0.2) is 4.68 Å². The molecule has 1 aliphatic rings. The summed E-state index contributed by atoms with van der Waals surface area (Å²) in [5.74, 6) is 1.30. The van der Waals surface area contributed by atoms with Crippen molar-refractivity contribution >= 4 is 17.7 Å². The maximum atomic E-state index is 13.5. The van der Waals surface area contributed by atoms with Gasteiger partial charge in [0.05, 0.1) is 11.6 Å². The number of nitriles is 1. The number of rotatable bonds is 8. The van der Waals surface area contributed by atoms with E-state index >= 15 is 0 Å². The predicted octanol–water partition coefficient (Wildman–Crippen LogP) is 4.87. The molecule has 200 valence electrons. The van der Waals surface area contributed by atoms with Gasteiger partial charge in [0.2, 0.25) is 5.91 Å². The normalized spacial score (nSPS) is 13.9. The minimum Gasteiger partial charge on any atom is -0.339 e. The molecule has 2 heterocycles. The van der Waals surface area contributed by atoms with Gasteiger partial charge in [-0.15, -0.1) is 0 Å². The van der Waals surface area contributed by atoms with Gasteiger partial charge in [0, 0.05) is 42.3 Å². The quantitative estimate of drug-likeness (QED) is 0.407. The Hall–Kier alpha value is -3.45. The number of hydrogen-bond donors (Lipinski definition) is 0. The van der Waals surface area contributed by atoms with Crippen molar-refractivity contribution in [1.29, 1.82) is 5.26 Å². The number of carbonyl (C=O) groups is 1. The van der Waals surface area contributed by atoms with Gasteiger partial charge in [0.1, 0.15) is 13.1 Å². The highest BCUT2D eigenvalue weighted by atomic mass is 32.2. The molecule has 38 heavy (non-hydrogen) atoms. The highest BCUT2D eigenvalue weighted by Gasteiger charge is 2.33.